The number of nitrogens with one attached hydrogen (secondary N) is 1. The zero-order valence-corrected chi connectivity index (χ0v) is 22.4. The second-order valence-corrected chi connectivity index (χ2v) is 11.0. The number of hydrogen-bond acceptors (Lipinski definition) is 4. The fourth-order valence-corrected chi connectivity index (χ4v) is 5.02. The smallest absolute Gasteiger partial charge is 0.244 e. The Hall–Kier alpha value is -2.29. The second kappa shape index (κ2) is 11.9. The number of nitrogens with zero attached hydrogens (tertiary/aromatic N) is 2. The SMILES string of the molecule is CCCNC(=O)[C@H](C)N(Cc1ccc(Cl)cc1Cl)C(=O)CN(c1c(C)cccc1C)S(C)(=O)=O. The molecular formula is C24H31Cl2N3O4S. The first kappa shape index (κ1) is 28.0. The van der Waals surface area contributed by atoms with Crippen LogP contribution in [0.4, 0.5) is 5.69 Å². The van der Waals surface area contributed by atoms with Gasteiger partial charge >= 0.3 is 0 Å². The molecule has 0 saturated carbocycles. The summed E-state index contributed by atoms with van der Waals surface area (Å²) in [6.07, 6.45) is 1.80. The maximum absolute atomic E-state index is 13.6. The second-order valence-electron chi connectivity index (χ2n) is 8.23. The van der Waals surface area contributed by atoms with E-state index in [1.165, 1.54) is 4.90 Å². The lowest BCUT2D eigenvalue weighted by molar-refractivity contribution is -0.139. The normalized spacial score (nSPS) is 12.2. The molecule has 7 nitrogen and oxygen atoms in total. The van der Waals surface area contributed by atoms with Crippen LogP contribution in [-0.4, -0.2) is 50.5 Å². The van der Waals surface area contributed by atoms with Gasteiger partial charge in [-0.1, -0.05) is 54.4 Å². The summed E-state index contributed by atoms with van der Waals surface area (Å²) in [6, 6.07) is 9.43. The van der Waals surface area contributed by atoms with E-state index in [-0.39, 0.29) is 12.5 Å². The summed E-state index contributed by atoms with van der Waals surface area (Å²) in [6.45, 7) is 7.13. The lowest BCUT2D eigenvalue weighted by Crippen LogP contribution is -2.51. The summed E-state index contributed by atoms with van der Waals surface area (Å²) in [5.41, 5.74) is 2.48. The van der Waals surface area contributed by atoms with Crippen LogP contribution in [0.25, 0.3) is 0 Å². The molecule has 2 amide bonds. The first-order chi connectivity index (χ1) is 15.9. The number of sulfonamides is 1. The van der Waals surface area contributed by atoms with Crippen LogP contribution in [0, 0.1) is 13.8 Å². The van der Waals surface area contributed by atoms with E-state index in [0.29, 0.717) is 27.8 Å². The van der Waals surface area contributed by atoms with Crippen molar-refractivity contribution in [1.29, 1.82) is 0 Å². The number of anilines is 1. The predicted octanol–water partition coefficient (Wildman–Crippen LogP) is 4.32. The number of halogens is 2. The molecule has 0 aliphatic carbocycles. The Morgan fingerprint density at radius 1 is 1.09 bits per heavy atom. The Morgan fingerprint density at radius 3 is 2.24 bits per heavy atom. The molecule has 0 radical (unpaired) electrons. The van der Waals surface area contributed by atoms with Gasteiger partial charge in [-0.3, -0.25) is 13.9 Å². The van der Waals surface area contributed by atoms with Crippen molar-refractivity contribution in [3.8, 4) is 0 Å². The Morgan fingerprint density at radius 2 is 1.71 bits per heavy atom. The van der Waals surface area contributed by atoms with Crippen molar-refractivity contribution >= 4 is 50.7 Å². The molecule has 0 aromatic heterocycles. The highest BCUT2D eigenvalue weighted by Gasteiger charge is 2.31. The minimum Gasteiger partial charge on any atom is -0.354 e. The van der Waals surface area contributed by atoms with Gasteiger partial charge in [-0.15, -0.1) is 0 Å². The average Bonchev–Trinajstić information content (AvgIpc) is 2.74. The van der Waals surface area contributed by atoms with Gasteiger partial charge in [-0.05, 0) is 56.0 Å². The average molecular weight is 529 g/mol. The molecule has 10 heteroatoms. The number of carbonyl (C=O) groups excluding carboxylic acids is 2. The molecule has 0 bridgehead atoms. The van der Waals surface area contributed by atoms with Crippen LogP contribution in [0.5, 0.6) is 0 Å². The zero-order valence-electron chi connectivity index (χ0n) is 20.1. The molecule has 1 atom stereocenters. The molecule has 0 heterocycles. The molecular weight excluding hydrogens is 497 g/mol. The first-order valence-corrected chi connectivity index (χ1v) is 13.5. The molecule has 2 aromatic rings. The van der Waals surface area contributed by atoms with Crippen LogP contribution in [0.2, 0.25) is 10.0 Å². The number of hydrogen-bond donors (Lipinski definition) is 1. The van der Waals surface area contributed by atoms with Crippen LogP contribution in [0.3, 0.4) is 0 Å². The van der Waals surface area contributed by atoms with Crippen LogP contribution in [-0.2, 0) is 26.2 Å². The fraction of sp³-hybridized carbons (Fsp3) is 0.417. The van der Waals surface area contributed by atoms with E-state index in [9.17, 15) is 18.0 Å². The largest absolute Gasteiger partial charge is 0.354 e. The van der Waals surface area contributed by atoms with E-state index in [1.54, 1.807) is 51.1 Å². The molecule has 34 heavy (non-hydrogen) atoms. The molecule has 0 saturated heterocycles. The van der Waals surface area contributed by atoms with Gasteiger partial charge in [0.05, 0.1) is 11.9 Å². The van der Waals surface area contributed by atoms with Gasteiger partial charge in [0.2, 0.25) is 21.8 Å². The van der Waals surface area contributed by atoms with Crippen LogP contribution < -0.4 is 9.62 Å². The number of rotatable bonds is 10. The van der Waals surface area contributed by atoms with E-state index >= 15 is 0 Å². The monoisotopic (exact) mass is 527 g/mol. The molecule has 0 spiro atoms. The van der Waals surface area contributed by atoms with Gasteiger partial charge in [0.15, 0.2) is 0 Å². The van der Waals surface area contributed by atoms with E-state index in [2.05, 4.69) is 5.32 Å². The third kappa shape index (κ3) is 7.10. The molecule has 2 rings (SSSR count). The Bertz CT molecular complexity index is 1130. The highest BCUT2D eigenvalue weighted by atomic mass is 35.5. The van der Waals surface area contributed by atoms with Crippen molar-refractivity contribution < 1.29 is 18.0 Å². The Balaban J connectivity index is 2.46. The van der Waals surface area contributed by atoms with Crippen LogP contribution in [0.15, 0.2) is 36.4 Å². The standard InChI is InChI=1S/C24H31Cl2N3O4S/c1-6-12-27-24(31)18(4)28(14-19-10-11-20(25)13-21(19)26)22(30)15-29(34(5,32)33)23-16(2)8-7-9-17(23)3/h7-11,13,18H,6,12,14-15H2,1-5H3,(H,27,31)/t18-/m0/s1. The highest BCUT2D eigenvalue weighted by molar-refractivity contribution is 7.92. The lowest BCUT2D eigenvalue weighted by atomic mass is 10.1. The number of benzene rings is 2. The molecule has 0 aliphatic rings. The minimum atomic E-state index is -3.80. The van der Waals surface area contributed by atoms with Gasteiger partial charge in [0.1, 0.15) is 12.6 Å². The van der Waals surface area contributed by atoms with E-state index < -0.39 is 28.5 Å². The Kier molecular flexibility index (Phi) is 9.79. The van der Waals surface area contributed by atoms with Gasteiger partial charge in [-0.2, -0.15) is 0 Å². The van der Waals surface area contributed by atoms with Gasteiger partial charge in [-0.25, -0.2) is 8.42 Å². The topological polar surface area (TPSA) is 86.8 Å². The zero-order chi connectivity index (χ0) is 25.6. The maximum Gasteiger partial charge on any atom is 0.244 e. The van der Waals surface area contributed by atoms with Crippen molar-refractivity contribution in [2.24, 2.45) is 0 Å². The van der Waals surface area contributed by atoms with Crippen molar-refractivity contribution in [3.63, 3.8) is 0 Å². The fourth-order valence-electron chi connectivity index (χ4n) is 3.59. The number of para-hydroxylation sites is 1. The van der Waals surface area contributed by atoms with Crippen LogP contribution in [0.1, 0.15) is 37.0 Å². The maximum atomic E-state index is 13.6. The van der Waals surface area contributed by atoms with Gasteiger partial charge in [0.25, 0.3) is 0 Å². The summed E-state index contributed by atoms with van der Waals surface area (Å²) in [5.74, 6) is -0.864. The summed E-state index contributed by atoms with van der Waals surface area (Å²) in [7, 11) is -3.80. The molecule has 0 fully saturated rings. The number of aryl methyl sites for hydroxylation is 2. The van der Waals surface area contributed by atoms with Gasteiger partial charge in [0, 0.05) is 23.1 Å². The molecule has 1 N–H and O–H groups in total. The number of amides is 2. The van der Waals surface area contributed by atoms with E-state index in [1.807, 2.05) is 13.0 Å². The lowest BCUT2D eigenvalue weighted by Gasteiger charge is -2.32. The van der Waals surface area contributed by atoms with Crippen molar-refractivity contribution in [3.05, 3.63) is 63.1 Å². The van der Waals surface area contributed by atoms with E-state index in [4.69, 9.17) is 23.2 Å². The minimum absolute atomic E-state index is 0.0138. The number of carbonyl (C=O) groups is 2. The summed E-state index contributed by atoms with van der Waals surface area (Å²) < 4.78 is 26.5. The molecule has 0 unspecified atom stereocenters. The molecule has 186 valence electrons. The van der Waals surface area contributed by atoms with Crippen molar-refractivity contribution in [2.45, 2.75) is 46.7 Å². The van der Waals surface area contributed by atoms with Crippen molar-refractivity contribution in [1.82, 2.24) is 10.2 Å². The summed E-state index contributed by atoms with van der Waals surface area (Å²) in [4.78, 5) is 27.7. The quantitative estimate of drug-likeness (QED) is 0.498. The van der Waals surface area contributed by atoms with Gasteiger partial charge < -0.3 is 10.2 Å². The summed E-state index contributed by atoms with van der Waals surface area (Å²) >= 11 is 12.3. The van der Waals surface area contributed by atoms with Crippen molar-refractivity contribution in [2.75, 3.05) is 23.7 Å². The third-order valence-corrected chi connectivity index (χ3v) is 7.14. The molecule has 2 aromatic carbocycles. The predicted molar refractivity (Wildman–Crippen MR) is 138 cm³/mol. The first-order valence-electron chi connectivity index (χ1n) is 10.9. The van der Waals surface area contributed by atoms with E-state index in [0.717, 1.165) is 28.1 Å². The highest BCUT2D eigenvalue weighted by Crippen LogP contribution is 2.28. The molecule has 0 aliphatic heterocycles. The third-order valence-electron chi connectivity index (χ3n) is 5.44. The van der Waals surface area contributed by atoms with Crippen LogP contribution >= 0.6 is 23.2 Å². The Labute approximate surface area is 212 Å². The summed E-state index contributed by atoms with van der Waals surface area (Å²) in [5, 5.41) is 3.58.